The Morgan fingerprint density at radius 2 is 1.96 bits per heavy atom. The summed E-state index contributed by atoms with van der Waals surface area (Å²) < 4.78 is 0. The number of rotatable bonds is 6. The van der Waals surface area contributed by atoms with Crippen molar-refractivity contribution in [3.63, 3.8) is 0 Å². The fourth-order valence-corrected chi connectivity index (χ4v) is 3.66. The van der Waals surface area contributed by atoms with Crippen LogP contribution in [0.4, 0.5) is 11.6 Å². The lowest BCUT2D eigenvalue weighted by molar-refractivity contribution is 0.158. The molecule has 0 radical (unpaired) electrons. The highest BCUT2D eigenvalue weighted by atomic mass is 32.2. The minimum Gasteiger partial charge on any atom is -0.391 e. The van der Waals surface area contributed by atoms with Crippen molar-refractivity contribution in [1.82, 2.24) is 9.97 Å². The van der Waals surface area contributed by atoms with E-state index in [1.807, 2.05) is 55.1 Å². The van der Waals surface area contributed by atoms with E-state index in [4.69, 9.17) is 0 Å². The maximum absolute atomic E-state index is 10.4. The number of anilines is 2. The summed E-state index contributed by atoms with van der Waals surface area (Å²) in [5.41, 5.74) is 1.13. The first-order valence-corrected chi connectivity index (χ1v) is 9.51. The smallest absolute Gasteiger partial charge is 0.134 e. The standard InChI is InChI=1S/C18H24N4OS/c1-14(16(23)11-15-5-3-2-4-6-15)21-17-12-18(20-13-19-17)22-7-9-24-10-8-22/h2-6,12-14,16,23H,7-11H2,1H3,(H,19,20,21)/t14-,16+/m1/s1. The number of hydrogen-bond donors (Lipinski definition) is 2. The van der Waals surface area contributed by atoms with Gasteiger partial charge in [0.1, 0.15) is 18.0 Å². The average Bonchev–Trinajstić information content (AvgIpc) is 2.63. The van der Waals surface area contributed by atoms with E-state index in [-0.39, 0.29) is 6.04 Å². The van der Waals surface area contributed by atoms with Gasteiger partial charge in [-0.3, -0.25) is 0 Å². The quantitative estimate of drug-likeness (QED) is 0.839. The van der Waals surface area contributed by atoms with Crippen LogP contribution < -0.4 is 10.2 Å². The van der Waals surface area contributed by atoms with Crippen LogP contribution in [-0.4, -0.2) is 51.8 Å². The number of thioether (sulfide) groups is 1. The minimum atomic E-state index is -0.475. The fourth-order valence-electron chi connectivity index (χ4n) is 2.75. The van der Waals surface area contributed by atoms with Crippen molar-refractivity contribution in [3.8, 4) is 0 Å². The van der Waals surface area contributed by atoms with Crippen LogP contribution in [0.1, 0.15) is 12.5 Å². The number of nitrogens with one attached hydrogen (secondary N) is 1. The number of benzene rings is 1. The minimum absolute atomic E-state index is 0.0927. The van der Waals surface area contributed by atoms with Gasteiger partial charge in [-0.2, -0.15) is 11.8 Å². The Morgan fingerprint density at radius 3 is 2.71 bits per heavy atom. The van der Waals surface area contributed by atoms with E-state index in [0.29, 0.717) is 6.42 Å². The van der Waals surface area contributed by atoms with Crippen molar-refractivity contribution in [2.24, 2.45) is 0 Å². The van der Waals surface area contributed by atoms with Crippen LogP contribution in [0.25, 0.3) is 0 Å². The van der Waals surface area contributed by atoms with Gasteiger partial charge in [0, 0.05) is 37.1 Å². The first kappa shape index (κ1) is 17.0. The molecule has 2 N–H and O–H groups in total. The second-order valence-electron chi connectivity index (χ2n) is 6.05. The molecule has 2 atom stereocenters. The van der Waals surface area contributed by atoms with Crippen LogP contribution >= 0.6 is 11.8 Å². The maximum Gasteiger partial charge on any atom is 0.134 e. The molecule has 1 aliphatic heterocycles. The van der Waals surface area contributed by atoms with E-state index in [1.54, 1.807) is 6.33 Å². The Morgan fingerprint density at radius 1 is 1.21 bits per heavy atom. The molecule has 0 bridgehead atoms. The molecule has 24 heavy (non-hydrogen) atoms. The third-order valence-electron chi connectivity index (χ3n) is 4.23. The molecule has 128 valence electrons. The summed E-state index contributed by atoms with van der Waals surface area (Å²) in [5, 5.41) is 13.7. The first-order chi connectivity index (χ1) is 11.7. The molecule has 5 nitrogen and oxygen atoms in total. The Bertz CT molecular complexity index is 634. The molecule has 0 unspecified atom stereocenters. The zero-order valence-corrected chi connectivity index (χ0v) is 14.7. The van der Waals surface area contributed by atoms with Crippen LogP contribution in [0.15, 0.2) is 42.7 Å². The van der Waals surface area contributed by atoms with Gasteiger partial charge in [-0.25, -0.2) is 9.97 Å². The average molecular weight is 344 g/mol. The molecule has 1 aliphatic rings. The van der Waals surface area contributed by atoms with Gasteiger partial charge in [0.25, 0.3) is 0 Å². The summed E-state index contributed by atoms with van der Waals surface area (Å²) in [7, 11) is 0. The Labute approximate surface area is 147 Å². The van der Waals surface area contributed by atoms with E-state index in [1.165, 1.54) is 0 Å². The predicted octanol–water partition coefficient (Wildman–Crippen LogP) is 2.43. The van der Waals surface area contributed by atoms with Crippen LogP contribution in [0.2, 0.25) is 0 Å². The van der Waals surface area contributed by atoms with Crippen LogP contribution in [-0.2, 0) is 6.42 Å². The number of nitrogens with zero attached hydrogens (tertiary/aromatic N) is 3. The summed E-state index contributed by atoms with van der Waals surface area (Å²) >= 11 is 1.98. The molecular formula is C18H24N4OS. The molecule has 3 rings (SSSR count). The maximum atomic E-state index is 10.4. The van der Waals surface area contributed by atoms with Crippen molar-refractivity contribution in [3.05, 3.63) is 48.3 Å². The highest BCUT2D eigenvalue weighted by Gasteiger charge is 2.17. The van der Waals surface area contributed by atoms with Gasteiger partial charge in [0.05, 0.1) is 12.1 Å². The van der Waals surface area contributed by atoms with Crippen molar-refractivity contribution < 1.29 is 5.11 Å². The topological polar surface area (TPSA) is 61.3 Å². The normalized spacial score (nSPS) is 17.3. The SMILES string of the molecule is C[C@@H](Nc1cc(N2CCSCC2)ncn1)[C@@H](O)Cc1ccccc1. The second kappa shape index (κ2) is 8.35. The Hall–Kier alpha value is -1.79. The lowest BCUT2D eigenvalue weighted by atomic mass is 10.0. The second-order valence-corrected chi connectivity index (χ2v) is 7.28. The number of aromatic nitrogens is 2. The van der Waals surface area contributed by atoms with Gasteiger partial charge in [0.15, 0.2) is 0 Å². The molecule has 1 fully saturated rings. The van der Waals surface area contributed by atoms with E-state index in [2.05, 4.69) is 20.2 Å². The molecule has 0 saturated carbocycles. The summed E-state index contributed by atoms with van der Waals surface area (Å²) in [6.07, 6.45) is 1.74. The van der Waals surface area contributed by atoms with Crippen LogP contribution in [0.3, 0.4) is 0 Å². The lowest BCUT2D eigenvalue weighted by Crippen LogP contribution is -2.34. The number of hydrogen-bond acceptors (Lipinski definition) is 6. The predicted molar refractivity (Wildman–Crippen MR) is 101 cm³/mol. The van der Waals surface area contributed by atoms with Gasteiger partial charge in [0.2, 0.25) is 0 Å². The monoisotopic (exact) mass is 344 g/mol. The van der Waals surface area contributed by atoms with Crippen LogP contribution in [0.5, 0.6) is 0 Å². The van der Waals surface area contributed by atoms with Gasteiger partial charge in [-0.05, 0) is 12.5 Å². The summed E-state index contributed by atoms with van der Waals surface area (Å²) in [6, 6.07) is 11.9. The highest BCUT2D eigenvalue weighted by molar-refractivity contribution is 7.99. The van der Waals surface area contributed by atoms with Gasteiger partial charge >= 0.3 is 0 Å². The molecule has 1 saturated heterocycles. The third-order valence-corrected chi connectivity index (χ3v) is 5.17. The summed E-state index contributed by atoms with van der Waals surface area (Å²) in [6.45, 7) is 4.02. The summed E-state index contributed by atoms with van der Waals surface area (Å²) in [5.74, 6) is 3.99. The molecule has 0 amide bonds. The van der Waals surface area contributed by atoms with Gasteiger partial charge in [-0.15, -0.1) is 0 Å². The summed E-state index contributed by atoms with van der Waals surface area (Å²) in [4.78, 5) is 11.0. The molecule has 1 aromatic carbocycles. The molecular weight excluding hydrogens is 320 g/mol. The third kappa shape index (κ3) is 4.61. The Balaban J connectivity index is 1.60. The van der Waals surface area contributed by atoms with Crippen molar-refractivity contribution in [2.75, 3.05) is 34.8 Å². The van der Waals surface area contributed by atoms with Gasteiger partial charge < -0.3 is 15.3 Å². The first-order valence-electron chi connectivity index (χ1n) is 8.35. The number of aliphatic hydroxyl groups is 1. The lowest BCUT2D eigenvalue weighted by Gasteiger charge is -2.28. The Kier molecular flexibility index (Phi) is 5.93. The van der Waals surface area contributed by atoms with E-state index in [9.17, 15) is 5.11 Å². The van der Waals surface area contributed by atoms with E-state index in [0.717, 1.165) is 41.8 Å². The van der Waals surface area contributed by atoms with E-state index >= 15 is 0 Å². The van der Waals surface area contributed by atoms with Crippen LogP contribution in [0, 0.1) is 0 Å². The molecule has 6 heteroatoms. The zero-order valence-electron chi connectivity index (χ0n) is 13.9. The fraction of sp³-hybridized carbons (Fsp3) is 0.444. The number of aliphatic hydroxyl groups excluding tert-OH is 1. The molecule has 2 aromatic rings. The highest BCUT2D eigenvalue weighted by Crippen LogP contribution is 2.19. The zero-order chi connectivity index (χ0) is 16.8. The van der Waals surface area contributed by atoms with Crippen molar-refractivity contribution >= 4 is 23.4 Å². The molecule has 0 aliphatic carbocycles. The van der Waals surface area contributed by atoms with Crippen molar-refractivity contribution in [2.45, 2.75) is 25.5 Å². The largest absolute Gasteiger partial charge is 0.391 e. The molecule has 1 aromatic heterocycles. The van der Waals surface area contributed by atoms with Crippen molar-refractivity contribution in [1.29, 1.82) is 0 Å². The molecule has 2 heterocycles. The van der Waals surface area contributed by atoms with E-state index < -0.39 is 6.10 Å². The molecule has 0 spiro atoms. The van der Waals surface area contributed by atoms with Gasteiger partial charge in [-0.1, -0.05) is 30.3 Å².